The molecule has 0 aliphatic carbocycles. The summed E-state index contributed by atoms with van der Waals surface area (Å²) in [4.78, 5) is 2.04. The van der Waals surface area contributed by atoms with Gasteiger partial charge in [-0.15, -0.1) is 0 Å². The number of nitrogens with one attached hydrogen (secondary N) is 1. The molecule has 1 aliphatic heterocycles. The second-order valence-electron chi connectivity index (χ2n) is 5.16. The molecule has 1 N–H and O–H groups in total. The Kier molecular flexibility index (Phi) is 4.53. The number of methoxy groups -OCH3 is 2. The molecule has 1 heterocycles. The molecule has 1 unspecified atom stereocenters. The first-order valence-corrected chi connectivity index (χ1v) is 6.84. The summed E-state index contributed by atoms with van der Waals surface area (Å²) in [5, 5.41) is 3.56. The number of hydrogen-bond donors (Lipinski definition) is 1. The van der Waals surface area contributed by atoms with Crippen molar-refractivity contribution in [3.8, 4) is 11.5 Å². The van der Waals surface area contributed by atoms with Gasteiger partial charge in [0, 0.05) is 31.8 Å². The normalized spacial score (nSPS) is 19.1. The van der Waals surface area contributed by atoms with Gasteiger partial charge in [-0.3, -0.25) is 0 Å². The number of rotatable bonds is 4. The van der Waals surface area contributed by atoms with Crippen LogP contribution in [0.25, 0.3) is 0 Å². The smallest absolute Gasteiger partial charge is 0.142 e. The van der Waals surface area contributed by atoms with Crippen LogP contribution < -0.4 is 19.7 Å². The minimum atomic E-state index is 0.369. The highest BCUT2D eigenvalue weighted by Crippen LogP contribution is 2.39. The van der Waals surface area contributed by atoms with Crippen molar-refractivity contribution >= 4 is 5.69 Å². The molecule has 1 aromatic rings. The molecule has 0 aromatic heterocycles. The van der Waals surface area contributed by atoms with Gasteiger partial charge in [-0.2, -0.15) is 0 Å². The quantitative estimate of drug-likeness (QED) is 0.906. The van der Waals surface area contributed by atoms with Crippen LogP contribution in [0.2, 0.25) is 0 Å². The van der Waals surface area contributed by atoms with Gasteiger partial charge in [-0.1, -0.05) is 6.42 Å². The van der Waals surface area contributed by atoms with Crippen molar-refractivity contribution < 1.29 is 9.47 Å². The molecule has 4 nitrogen and oxygen atoms in total. The van der Waals surface area contributed by atoms with Gasteiger partial charge in [0.25, 0.3) is 0 Å². The zero-order valence-electron chi connectivity index (χ0n) is 12.3. The van der Waals surface area contributed by atoms with E-state index in [1.54, 1.807) is 14.2 Å². The molecule has 1 fully saturated rings. The molecule has 0 radical (unpaired) electrons. The fraction of sp³-hybridized carbons (Fsp3) is 0.600. The number of ether oxygens (including phenoxy) is 2. The van der Waals surface area contributed by atoms with Crippen LogP contribution in [0.4, 0.5) is 5.69 Å². The third-order valence-corrected chi connectivity index (χ3v) is 3.70. The third-order valence-electron chi connectivity index (χ3n) is 3.70. The molecule has 1 aromatic carbocycles. The second kappa shape index (κ2) is 6.15. The number of benzene rings is 1. The van der Waals surface area contributed by atoms with E-state index in [1.807, 2.05) is 19.0 Å². The Hall–Kier alpha value is -1.42. The van der Waals surface area contributed by atoms with Crippen molar-refractivity contribution in [2.24, 2.45) is 0 Å². The molecule has 106 valence electrons. The van der Waals surface area contributed by atoms with Crippen LogP contribution in [0.15, 0.2) is 12.1 Å². The van der Waals surface area contributed by atoms with Crippen LogP contribution in [-0.2, 0) is 0 Å². The van der Waals surface area contributed by atoms with E-state index >= 15 is 0 Å². The molecular formula is C15H24N2O2. The Morgan fingerprint density at radius 1 is 1.11 bits per heavy atom. The first-order valence-electron chi connectivity index (χ1n) is 6.84. The highest BCUT2D eigenvalue weighted by Gasteiger charge is 2.21. The van der Waals surface area contributed by atoms with Crippen molar-refractivity contribution in [3.05, 3.63) is 17.7 Å². The average Bonchev–Trinajstić information content (AvgIpc) is 2.46. The summed E-state index contributed by atoms with van der Waals surface area (Å²) in [5.74, 6) is 1.83. The summed E-state index contributed by atoms with van der Waals surface area (Å²) in [5.41, 5.74) is 2.24. The lowest BCUT2D eigenvalue weighted by atomic mass is 9.96. The van der Waals surface area contributed by atoms with Crippen molar-refractivity contribution in [3.63, 3.8) is 0 Å². The summed E-state index contributed by atoms with van der Waals surface area (Å²) < 4.78 is 11.1. The molecule has 1 atom stereocenters. The van der Waals surface area contributed by atoms with Crippen LogP contribution >= 0.6 is 0 Å². The highest BCUT2D eigenvalue weighted by molar-refractivity contribution is 5.63. The van der Waals surface area contributed by atoms with Crippen LogP contribution in [0.3, 0.4) is 0 Å². The maximum Gasteiger partial charge on any atom is 0.142 e. The first kappa shape index (κ1) is 14.0. The topological polar surface area (TPSA) is 33.7 Å². The van der Waals surface area contributed by atoms with Gasteiger partial charge >= 0.3 is 0 Å². The van der Waals surface area contributed by atoms with E-state index in [4.69, 9.17) is 9.47 Å². The standard InChI is InChI=1S/C15H24N2O2/c1-17(2)13-10-14(18-3)11(9-15(13)19-4)12-7-5-6-8-16-12/h9-10,12,16H,5-8H2,1-4H3. The molecule has 1 saturated heterocycles. The summed E-state index contributed by atoms with van der Waals surface area (Å²) >= 11 is 0. The van der Waals surface area contributed by atoms with Crippen molar-refractivity contribution in [1.82, 2.24) is 5.32 Å². The predicted octanol–water partition coefficient (Wildman–Crippen LogP) is 2.58. The molecular weight excluding hydrogens is 240 g/mol. The lowest BCUT2D eigenvalue weighted by Gasteiger charge is -2.27. The van der Waals surface area contributed by atoms with E-state index in [0.29, 0.717) is 6.04 Å². The van der Waals surface area contributed by atoms with Gasteiger partial charge in [0.15, 0.2) is 0 Å². The van der Waals surface area contributed by atoms with Gasteiger partial charge < -0.3 is 19.7 Å². The van der Waals surface area contributed by atoms with Gasteiger partial charge in [-0.25, -0.2) is 0 Å². The minimum absolute atomic E-state index is 0.369. The van der Waals surface area contributed by atoms with E-state index in [-0.39, 0.29) is 0 Å². The zero-order chi connectivity index (χ0) is 13.8. The monoisotopic (exact) mass is 264 g/mol. The number of hydrogen-bond acceptors (Lipinski definition) is 4. The van der Waals surface area contributed by atoms with E-state index in [1.165, 1.54) is 18.4 Å². The zero-order valence-corrected chi connectivity index (χ0v) is 12.3. The van der Waals surface area contributed by atoms with Crippen LogP contribution in [0, 0.1) is 0 Å². The molecule has 4 heteroatoms. The van der Waals surface area contributed by atoms with Crippen molar-refractivity contribution in [2.45, 2.75) is 25.3 Å². The fourth-order valence-electron chi connectivity index (χ4n) is 2.64. The Morgan fingerprint density at radius 2 is 1.84 bits per heavy atom. The Morgan fingerprint density at radius 3 is 2.37 bits per heavy atom. The van der Waals surface area contributed by atoms with Gasteiger partial charge in [0.05, 0.1) is 19.9 Å². The third kappa shape index (κ3) is 2.95. The largest absolute Gasteiger partial charge is 0.496 e. The van der Waals surface area contributed by atoms with Gasteiger partial charge in [0.1, 0.15) is 11.5 Å². The van der Waals surface area contributed by atoms with Crippen LogP contribution in [0.1, 0.15) is 30.9 Å². The fourth-order valence-corrected chi connectivity index (χ4v) is 2.64. The maximum absolute atomic E-state index is 5.57. The first-order chi connectivity index (χ1) is 9.17. The molecule has 19 heavy (non-hydrogen) atoms. The van der Waals surface area contributed by atoms with Crippen molar-refractivity contribution in [2.75, 3.05) is 39.8 Å². The summed E-state index contributed by atoms with van der Waals surface area (Å²) in [6.07, 6.45) is 3.67. The van der Waals surface area contributed by atoms with Gasteiger partial charge in [0.2, 0.25) is 0 Å². The summed E-state index contributed by atoms with van der Waals surface area (Å²) in [6.45, 7) is 1.07. The van der Waals surface area contributed by atoms with E-state index in [9.17, 15) is 0 Å². The Balaban J connectivity index is 2.41. The Labute approximate surface area is 115 Å². The molecule has 0 spiro atoms. The molecule has 2 rings (SSSR count). The lowest BCUT2D eigenvalue weighted by Crippen LogP contribution is -2.27. The number of piperidine rings is 1. The second-order valence-corrected chi connectivity index (χ2v) is 5.16. The van der Waals surface area contributed by atoms with E-state index in [0.717, 1.165) is 30.2 Å². The predicted molar refractivity (Wildman–Crippen MR) is 78.5 cm³/mol. The Bertz CT molecular complexity index is 426. The van der Waals surface area contributed by atoms with Crippen molar-refractivity contribution in [1.29, 1.82) is 0 Å². The summed E-state index contributed by atoms with van der Waals surface area (Å²) in [7, 11) is 7.46. The lowest BCUT2D eigenvalue weighted by molar-refractivity contribution is 0.368. The van der Waals surface area contributed by atoms with E-state index < -0.39 is 0 Å². The SMILES string of the molecule is COc1cc(N(C)C)c(OC)cc1C1CCCCN1. The molecule has 0 bridgehead atoms. The minimum Gasteiger partial charge on any atom is -0.496 e. The average molecular weight is 264 g/mol. The highest BCUT2D eigenvalue weighted by atomic mass is 16.5. The molecule has 0 amide bonds. The molecule has 1 aliphatic rings. The number of anilines is 1. The summed E-state index contributed by atoms with van der Waals surface area (Å²) in [6, 6.07) is 4.54. The molecule has 0 saturated carbocycles. The van der Waals surface area contributed by atoms with Gasteiger partial charge in [-0.05, 0) is 25.5 Å². The number of nitrogens with zero attached hydrogens (tertiary/aromatic N) is 1. The van der Waals surface area contributed by atoms with E-state index in [2.05, 4.69) is 17.4 Å². The van der Waals surface area contributed by atoms with Crippen LogP contribution in [-0.4, -0.2) is 34.9 Å². The van der Waals surface area contributed by atoms with Crippen LogP contribution in [0.5, 0.6) is 11.5 Å². The maximum atomic E-state index is 5.57.